The largest absolute Gasteiger partial charge is 0.508 e. The van der Waals surface area contributed by atoms with E-state index in [1.54, 1.807) is 6.07 Å². The lowest BCUT2D eigenvalue weighted by Crippen LogP contribution is -2.36. The molecule has 94 valence electrons. The van der Waals surface area contributed by atoms with Crippen LogP contribution in [0, 0.1) is 0 Å². The number of benzene rings is 1. The van der Waals surface area contributed by atoms with Crippen molar-refractivity contribution in [2.24, 2.45) is 0 Å². The van der Waals surface area contributed by atoms with Gasteiger partial charge in [-0.15, -0.1) is 0 Å². The summed E-state index contributed by atoms with van der Waals surface area (Å²) in [5, 5.41) is 13.1. The third-order valence-corrected chi connectivity index (χ3v) is 3.65. The lowest BCUT2D eigenvalue weighted by molar-refractivity contribution is 0.274. The van der Waals surface area contributed by atoms with Crippen molar-refractivity contribution in [1.82, 2.24) is 10.2 Å². The molecule has 0 saturated heterocycles. The number of phenolic OH excluding ortho intramolecular Hbond substituents is 1. The molecule has 0 fully saturated rings. The molecule has 17 heavy (non-hydrogen) atoms. The molecule has 0 aromatic heterocycles. The van der Waals surface area contributed by atoms with Crippen molar-refractivity contribution in [2.45, 2.75) is 26.3 Å². The van der Waals surface area contributed by atoms with Crippen molar-refractivity contribution >= 4 is 0 Å². The first-order chi connectivity index (χ1) is 8.24. The molecule has 1 aliphatic heterocycles. The summed E-state index contributed by atoms with van der Waals surface area (Å²) in [5.41, 5.74) is 2.64. The number of aromatic hydroxyl groups is 1. The summed E-state index contributed by atoms with van der Waals surface area (Å²) in [6.45, 7) is 9.56. The summed E-state index contributed by atoms with van der Waals surface area (Å²) in [6, 6.07) is 5.75. The van der Waals surface area contributed by atoms with E-state index in [4.69, 9.17) is 0 Å². The minimum Gasteiger partial charge on any atom is -0.508 e. The minimum atomic E-state index is 0.384. The van der Waals surface area contributed by atoms with E-state index in [0.29, 0.717) is 11.7 Å². The SMILES string of the molecule is CCN(CC)CC1CNCc2ccc(O)cc21. The molecule has 2 N–H and O–H groups in total. The van der Waals surface area contributed by atoms with E-state index in [2.05, 4.69) is 24.1 Å². The van der Waals surface area contributed by atoms with E-state index in [1.165, 1.54) is 11.1 Å². The Morgan fingerprint density at radius 2 is 2.12 bits per heavy atom. The highest BCUT2D eigenvalue weighted by atomic mass is 16.3. The molecule has 1 aromatic carbocycles. The molecule has 2 rings (SSSR count). The van der Waals surface area contributed by atoms with Crippen LogP contribution in [-0.4, -0.2) is 36.2 Å². The molecule has 0 amide bonds. The van der Waals surface area contributed by atoms with Gasteiger partial charge in [-0.2, -0.15) is 0 Å². The molecule has 1 unspecified atom stereocenters. The highest BCUT2D eigenvalue weighted by Crippen LogP contribution is 2.28. The number of nitrogens with one attached hydrogen (secondary N) is 1. The predicted octanol–water partition coefficient (Wildman–Crippen LogP) is 1.92. The standard InChI is InChI=1S/C14H22N2O/c1-3-16(4-2)10-12-9-15-8-11-5-6-13(17)7-14(11)12/h5-7,12,15,17H,3-4,8-10H2,1-2H3. The topological polar surface area (TPSA) is 35.5 Å². The van der Waals surface area contributed by atoms with Crippen molar-refractivity contribution in [2.75, 3.05) is 26.2 Å². The van der Waals surface area contributed by atoms with E-state index in [0.717, 1.165) is 32.7 Å². The Morgan fingerprint density at radius 3 is 2.82 bits per heavy atom. The van der Waals surface area contributed by atoms with E-state index in [1.807, 2.05) is 12.1 Å². The molecule has 0 bridgehead atoms. The Kier molecular flexibility index (Phi) is 4.02. The molecule has 1 heterocycles. The van der Waals surface area contributed by atoms with Crippen LogP contribution in [-0.2, 0) is 6.54 Å². The Balaban J connectivity index is 2.18. The molecule has 1 atom stereocenters. The number of likely N-dealkylation sites (N-methyl/N-ethyl adjacent to an activating group) is 1. The van der Waals surface area contributed by atoms with Crippen LogP contribution >= 0.6 is 0 Å². The molecule has 0 saturated carbocycles. The average molecular weight is 234 g/mol. The zero-order valence-corrected chi connectivity index (χ0v) is 10.7. The summed E-state index contributed by atoms with van der Waals surface area (Å²) in [4.78, 5) is 2.44. The minimum absolute atomic E-state index is 0.384. The van der Waals surface area contributed by atoms with Gasteiger partial charge in [0.1, 0.15) is 5.75 Å². The van der Waals surface area contributed by atoms with Crippen molar-refractivity contribution < 1.29 is 5.11 Å². The van der Waals surface area contributed by atoms with Gasteiger partial charge in [0.25, 0.3) is 0 Å². The van der Waals surface area contributed by atoms with Crippen LogP contribution in [0.3, 0.4) is 0 Å². The van der Waals surface area contributed by atoms with Crippen LogP contribution in [0.25, 0.3) is 0 Å². The third kappa shape index (κ3) is 2.79. The van der Waals surface area contributed by atoms with Crippen molar-refractivity contribution in [3.05, 3.63) is 29.3 Å². The summed E-state index contributed by atoms with van der Waals surface area (Å²) >= 11 is 0. The molecule has 1 aliphatic rings. The van der Waals surface area contributed by atoms with Crippen molar-refractivity contribution in [3.63, 3.8) is 0 Å². The van der Waals surface area contributed by atoms with Gasteiger partial charge in [-0.3, -0.25) is 0 Å². The van der Waals surface area contributed by atoms with E-state index < -0.39 is 0 Å². The molecular formula is C14H22N2O. The molecule has 0 aliphatic carbocycles. The monoisotopic (exact) mass is 234 g/mol. The van der Waals surface area contributed by atoms with Gasteiger partial charge in [-0.1, -0.05) is 19.9 Å². The van der Waals surface area contributed by atoms with Gasteiger partial charge >= 0.3 is 0 Å². The average Bonchev–Trinajstić information content (AvgIpc) is 2.36. The van der Waals surface area contributed by atoms with Gasteiger partial charge in [-0.25, -0.2) is 0 Å². The fourth-order valence-electron chi connectivity index (χ4n) is 2.57. The fraction of sp³-hybridized carbons (Fsp3) is 0.571. The van der Waals surface area contributed by atoms with E-state index >= 15 is 0 Å². The quantitative estimate of drug-likeness (QED) is 0.835. The summed E-state index contributed by atoms with van der Waals surface area (Å²) < 4.78 is 0. The Morgan fingerprint density at radius 1 is 1.35 bits per heavy atom. The highest BCUT2D eigenvalue weighted by molar-refractivity contribution is 5.39. The van der Waals surface area contributed by atoms with Crippen LogP contribution in [0.5, 0.6) is 5.75 Å². The van der Waals surface area contributed by atoms with Gasteiger partial charge in [0, 0.05) is 25.6 Å². The maximum atomic E-state index is 9.62. The Labute approximate surface area is 103 Å². The molecular weight excluding hydrogens is 212 g/mol. The van der Waals surface area contributed by atoms with Crippen LogP contribution in [0.2, 0.25) is 0 Å². The number of hydrogen-bond donors (Lipinski definition) is 2. The zero-order chi connectivity index (χ0) is 12.3. The molecule has 0 spiro atoms. The number of nitrogens with zero attached hydrogens (tertiary/aromatic N) is 1. The van der Waals surface area contributed by atoms with Crippen molar-refractivity contribution in [1.29, 1.82) is 0 Å². The smallest absolute Gasteiger partial charge is 0.115 e. The first-order valence-electron chi connectivity index (χ1n) is 6.49. The van der Waals surface area contributed by atoms with Crippen LogP contribution in [0.1, 0.15) is 30.9 Å². The lowest BCUT2D eigenvalue weighted by atomic mass is 9.90. The number of rotatable bonds is 4. The fourth-order valence-corrected chi connectivity index (χ4v) is 2.57. The first kappa shape index (κ1) is 12.4. The molecule has 3 heteroatoms. The van der Waals surface area contributed by atoms with Crippen LogP contribution < -0.4 is 5.32 Å². The number of fused-ring (bicyclic) bond motifs is 1. The van der Waals surface area contributed by atoms with Gasteiger partial charge in [0.15, 0.2) is 0 Å². The van der Waals surface area contributed by atoms with E-state index in [9.17, 15) is 5.11 Å². The maximum absolute atomic E-state index is 9.62. The summed E-state index contributed by atoms with van der Waals surface area (Å²) in [6.07, 6.45) is 0. The number of phenols is 1. The Hall–Kier alpha value is -1.06. The highest BCUT2D eigenvalue weighted by Gasteiger charge is 2.21. The van der Waals surface area contributed by atoms with Crippen LogP contribution in [0.15, 0.2) is 18.2 Å². The molecule has 3 nitrogen and oxygen atoms in total. The second-order valence-corrected chi connectivity index (χ2v) is 4.70. The van der Waals surface area contributed by atoms with Gasteiger partial charge in [-0.05, 0) is 36.3 Å². The lowest BCUT2D eigenvalue weighted by Gasteiger charge is -2.30. The van der Waals surface area contributed by atoms with E-state index in [-0.39, 0.29) is 0 Å². The molecule has 0 radical (unpaired) electrons. The maximum Gasteiger partial charge on any atom is 0.115 e. The van der Waals surface area contributed by atoms with Gasteiger partial charge in [0.2, 0.25) is 0 Å². The van der Waals surface area contributed by atoms with Crippen LogP contribution in [0.4, 0.5) is 0 Å². The van der Waals surface area contributed by atoms with Gasteiger partial charge in [0.05, 0.1) is 0 Å². The second-order valence-electron chi connectivity index (χ2n) is 4.70. The van der Waals surface area contributed by atoms with Crippen molar-refractivity contribution in [3.8, 4) is 5.75 Å². The van der Waals surface area contributed by atoms with Gasteiger partial charge < -0.3 is 15.3 Å². The Bertz CT molecular complexity index is 374. The molecule has 1 aromatic rings. The predicted molar refractivity (Wildman–Crippen MR) is 70.3 cm³/mol. The second kappa shape index (κ2) is 5.52. The summed E-state index contributed by atoms with van der Waals surface area (Å²) in [5.74, 6) is 0.876. The normalized spacial score (nSPS) is 19.4. The number of hydrogen-bond acceptors (Lipinski definition) is 3. The summed E-state index contributed by atoms with van der Waals surface area (Å²) in [7, 11) is 0. The first-order valence-corrected chi connectivity index (χ1v) is 6.49. The third-order valence-electron chi connectivity index (χ3n) is 3.65. The zero-order valence-electron chi connectivity index (χ0n) is 10.7.